The fourth-order valence-electron chi connectivity index (χ4n) is 1.97. The average molecular weight is 272 g/mol. The molecule has 0 spiro atoms. The van der Waals surface area contributed by atoms with E-state index >= 15 is 0 Å². The highest BCUT2D eigenvalue weighted by molar-refractivity contribution is 5.73. The number of hydrogen-bond acceptors (Lipinski definition) is 3. The Morgan fingerprint density at radius 3 is 2.16 bits per heavy atom. The van der Waals surface area contributed by atoms with Crippen molar-refractivity contribution < 1.29 is 19.4 Å². The van der Waals surface area contributed by atoms with E-state index in [0.717, 1.165) is 24.3 Å². The van der Waals surface area contributed by atoms with Crippen LogP contribution in [0.4, 0.5) is 9.59 Å². The molecule has 110 valence electrons. The van der Waals surface area contributed by atoms with Crippen LogP contribution < -0.4 is 5.43 Å². The van der Waals surface area contributed by atoms with Crippen LogP contribution >= 0.6 is 0 Å². The van der Waals surface area contributed by atoms with Gasteiger partial charge in [-0.05, 0) is 47.0 Å². The number of hydrazine groups is 1. The standard InChI is InChI=1S/C13H24N2O4/c1-12(2,3)19-10(16)14-15(11(17)18)13(4,5)8-9-6-7-9/h9H,6-8H2,1-5H3,(H,14,16)(H,17,18). The van der Waals surface area contributed by atoms with Gasteiger partial charge in [-0.15, -0.1) is 0 Å². The summed E-state index contributed by atoms with van der Waals surface area (Å²) in [5.41, 5.74) is 1.01. The van der Waals surface area contributed by atoms with Gasteiger partial charge >= 0.3 is 12.2 Å². The van der Waals surface area contributed by atoms with Gasteiger partial charge < -0.3 is 9.84 Å². The minimum atomic E-state index is -1.18. The highest BCUT2D eigenvalue weighted by Crippen LogP contribution is 2.38. The van der Waals surface area contributed by atoms with Crippen LogP contribution in [0, 0.1) is 5.92 Å². The summed E-state index contributed by atoms with van der Waals surface area (Å²) in [5, 5.41) is 10.2. The number of carboxylic acid groups (broad SMARTS) is 1. The molecular formula is C13H24N2O4. The molecule has 1 saturated carbocycles. The van der Waals surface area contributed by atoms with E-state index in [9.17, 15) is 14.7 Å². The molecule has 1 aliphatic carbocycles. The van der Waals surface area contributed by atoms with E-state index in [1.807, 2.05) is 0 Å². The highest BCUT2D eigenvalue weighted by atomic mass is 16.6. The molecule has 0 aliphatic heterocycles. The Labute approximate surface area is 114 Å². The number of rotatable bonds is 3. The quantitative estimate of drug-likeness (QED) is 0.774. The summed E-state index contributed by atoms with van der Waals surface area (Å²) in [4.78, 5) is 23.0. The van der Waals surface area contributed by atoms with Gasteiger partial charge in [0.05, 0.1) is 5.54 Å². The molecule has 1 rings (SSSR count). The molecule has 2 N–H and O–H groups in total. The zero-order valence-corrected chi connectivity index (χ0v) is 12.3. The summed E-state index contributed by atoms with van der Waals surface area (Å²) in [6, 6.07) is 0. The number of nitrogens with zero attached hydrogens (tertiary/aromatic N) is 1. The van der Waals surface area contributed by atoms with Gasteiger partial charge in [0.2, 0.25) is 0 Å². The van der Waals surface area contributed by atoms with Gasteiger partial charge in [-0.3, -0.25) is 0 Å². The lowest BCUT2D eigenvalue weighted by Gasteiger charge is -2.36. The highest BCUT2D eigenvalue weighted by Gasteiger charge is 2.38. The van der Waals surface area contributed by atoms with Crippen LogP contribution in [0.2, 0.25) is 0 Å². The molecule has 0 bridgehead atoms. The molecular weight excluding hydrogens is 248 g/mol. The molecule has 2 amide bonds. The predicted octanol–water partition coefficient (Wildman–Crippen LogP) is 2.98. The van der Waals surface area contributed by atoms with Crippen LogP contribution in [0.1, 0.15) is 53.9 Å². The number of nitrogens with one attached hydrogen (secondary N) is 1. The molecule has 6 nitrogen and oxygen atoms in total. The molecule has 0 heterocycles. The van der Waals surface area contributed by atoms with Gasteiger partial charge in [-0.25, -0.2) is 20.0 Å². The third kappa shape index (κ3) is 5.36. The van der Waals surface area contributed by atoms with Crippen LogP contribution in [-0.4, -0.2) is 33.4 Å². The van der Waals surface area contributed by atoms with Gasteiger partial charge in [0.15, 0.2) is 0 Å². The number of amides is 2. The number of ether oxygens (including phenoxy) is 1. The fraction of sp³-hybridized carbons (Fsp3) is 0.846. The topological polar surface area (TPSA) is 78.9 Å². The van der Waals surface area contributed by atoms with Crippen molar-refractivity contribution in [3.63, 3.8) is 0 Å². The predicted molar refractivity (Wildman–Crippen MR) is 70.7 cm³/mol. The Kier molecular flexibility index (Phi) is 4.32. The van der Waals surface area contributed by atoms with Crippen LogP contribution in [-0.2, 0) is 4.74 Å². The van der Waals surface area contributed by atoms with Crippen LogP contribution in [0.3, 0.4) is 0 Å². The van der Waals surface area contributed by atoms with Crippen LogP contribution in [0.25, 0.3) is 0 Å². The monoisotopic (exact) mass is 272 g/mol. The molecule has 1 aliphatic rings. The third-order valence-electron chi connectivity index (χ3n) is 2.88. The number of hydrogen-bond donors (Lipinski definition) is 2. The molecule has 0 aromatic rings. The van der Waals surface area contributed by atoms with E-state index in [0.29, 0.717) is 5.92 Å². The minimum Gasteiger partial charge on any atom is -0.464 e. The number of carbonyl (C=O) groups is 2. The first-order chi connectivity index (χ1) is 8.51. The van der Waals surface area contributed by atoms with Crippen molar-refractivity contribution in [2.75, 3.05) is 0 Å². The zero-order chi connectivity index (χ0) is 14.8. The summed E-state index contributed by atoms with van der Waals surface area (Å²) in [5.74, 6) is 0.553. The molecule has 0 radical (unpaired) electrons. The Bertz CT molecular complexity index is 356. The van der Waals surface area contributed by atoms with Gasteiger partial charge in [0.1, 0.15) is 5.60 Å². The van der Waals surface area contributed by atoms with E-state index in [2.05, 4.69) is 5.43 Å². The van der Waals surface area contributed by atoms with Gasteiger partial charge in [-0.1, -0.05) is 12.8 Å². The first-order valence-electron chi connectivity index (χ1n) is 6.54. The smallest absolute Gasteiger partial charge is 0.426 e. The zero-order valence-electron chi connectivity index (χ0n) is 12.3. The maximum Gasteiger partial charge on any atom is 0.426 e. The minimum absolute atomic E-state index is 0.553. The van der Waals surface area contributed by atoms with E-state index in [4.69, 9.17) is 4.74 Å². The summed E-state index contributed by atoms with van der Waals surface area (Å²) in [6.07, 6.45) is 1.05. The number of carbonyl (C=O) groups excluding carboxylic acids is 1. The van der Waals surface area contributed by atoms with Gasteiger partial charge in [-0.2, -0.15) is 0 Å². The summed E-state index contributed by atoms with van der Waals surface area (Å²) >= 11 is 0. The lowest BCUT2D eigenvalue weighted by Crippen LogP contribution is -2.57. The molecule has 0 aromatic heterocycles. The van der Waals surface area contributed by atoms with Crippen molar-refractivity contribution in [2.45, 2.75) is 65.0 Å². The Balaban J connectivity index is 2.66. The normalized spacial score (nSPS) is 15.8. The average Bonchev–Trinajstić information content (AvgIpc) is 2.93. The second-order valence-electron chi connectivity index (χ2n) is 6.69. The lowest BCUT2D eigenvalue weighted by atomic mass is 9.97. The van der Waals surface area contributed by atoms with Gasteiger partial charge in [0, 0.05) is 0 Å². The second kappa shape index (κ2) is 5.27. The van der Waals surface area contributed by atoms with Crippen LogP contribution in [0.5, 0.6) is 0 Å². The van der Waals surface area contributed by atoms with Crippen molar-refractivity contribution in [1.29, 1.82) is 0 Å². The molecule has 0 saturated heterocycles. The summed E-state index contributed by atoms with van der Waals surface area (Å²) in [7, 11) is 0. The summed E-state index contributed by atoms with van der Waals surface area (Å²) in [6.45, 7) is 8.79. The lowest BCUT2D eigenvalue weighted by molar-refractivity contribution is 0.00882. The summed E-state index contributed by atoms with van der Waals surface area (Å²) < 4.78 is 5.08. The molecule has 0 aromatic carbocycles. The van der Waals surface area contributed by atoms with E-state index in [-0.39, 0.29) is 0 Å². The molecule has 1 fully saturated rings. The van der Waals surface area contributed by atoms with Crippen LogP contribution in [0.15, 0.2) is 0 Å². The largest absolute Gasteiger partial charge is 0.464 e. The third-order valence-corrected chi connectivity index (χ3v) is 2.88. The van der Waals surface area contributed by atoms with Crippen molar-refractivity contribution >= 4 is 12.2 Å². The van der Waals surface area contributed by atoms with Gasteiger partial charge in [0.25, 0.3) is 0 Å². The van der Waals surface area contributed by atoms with E-state index < -0.39 is 23.3 Å². The first-order valence-corrected chi connectivity index (χ1v) is 6.54. The molecule has 0 atom stereocenters. The first kappa shape index (κ1) is 15.6. The Morgan fingerprint density at radius 2 is 1.79 bits per heavy atom. The SMILES string of the molecule is CC(C)(C)OC(=O)NN(C(=O)O)C(C)(C)CC1CC1. The van der Waals surface area contributed by atoms with Crippen molar-refractivity contribution in [3.8, 4) is 0 Å². The fourth-order valence-corrected chi connectivity index (χ4v) is 1.97. The maximum atomic E-state index is 11.7. The Morgan fingerprint density at radius 1 is 1.26 bits per heavy atom. The van der Waals surface area contributed by atoms with Crippen molar-refractivity contribution in [2.24, 2.45) is 5.92 Å². The maximum absolute atomic E-state index is 11.7. The van der Waals surface area contributed by atoms with Crippen molar-refractivity contribution in [1.82, 2.24) is 10.4 Å². The Hall–Kier alpha value is -1.46. The molecule has 6 heteroatoms. The second-order valence-corrected chi connectivity index (χ2v) is 6.69. The van der Waals surface area contributed by atoms with E-state index in [1.54, 1.807) is 34.6 Å². The van der Waals surface area contributed by atoms with E-state index in [1.165, 1.54) is 0 Å². The van der Waals surface area contributed by atoms with Crippen molar-refractivity contribution in [3.05, 3.63) is 0 Å². The molecule has 19 heavy (non-hydrogen) atoms. The molecule has 0 unspecified atom stereocenters.